The average Bonchev–Trinajstić information content (AvgIpc) is 3.20. The summed E-state index contributed by atoms with van der Waals surface area (Å²) in [6.45, 7) is 4.31. The molecule has 10 heteroatoms. The molecule has 29 heavy (non-hydrogen) atoms. The minimum Gasteiger partial charge on any atom is -0.482 e. The van der Waals surface area contributed by atoms with Gasteiger partial charge in [-0.05, 0) is 19.1 Å². The number of nitrogens with one attached hydrogen (secondary N) is 1. The highest BCUT2D eigenvalue weighted by Crippen LogP contribution is 2.21. The standard InChI is InChI=1S/C19H22N4O5S/c1-13(14-3-2-4-16(9-14)28-11-18(25)26)21-22-17(24)10-15-12-29-19(20-15)23-5-7-27-8-6-23/h2-4,9,12H,5-8,10-11H2,1H3,(H,22,24)(H,25,26)/b21-13-. The third-order valence-corrected chi connectivity index (χ3v) is 5.08. The van der Waals surface area contributed by atoms with Gasteiger partial charge in [0.2, 0.25) is 5.91 Å². The van der Waals surface area contributed by atoms with E-state index in [4.69, 9.17) is 14.6 Å². The lowest BCUT2D eigenvalue weighted by atomic mass is 10.1. The van der Waals surface area contributed by atoms with Gasteiger partial charge in [0.05, 0.1) is 31.0 Å². The van der Waals surface area contributed by atoms with Crippen LogP contribution in [-0.2, 0) is 20.7 Å². The predicted octanol–water partition coefficient (Wildman–Crippen LogP) is 1.53. The summed E-state index contributed by atoms with van der Waals surface area (Å²) in [4.78, 5) is 29.5. The first-order valence-corrected chi connectivity index (χ1v) is 9.94. The average molecular weight is 418 g/mol. The second kappa shape index (κ2) is 9.99. The molecule has 1 aromatic heterocycles. The van der Waals surface area contributed by atoms with E-state index in [9.17, 15) is 9.59 Å². The van der Waals surface area contributed by atoms with E-state index in [0.29, 0.717) is 30.4 Å². The van der Waals surface area contributed by atoms with Crippen molar-refractivity contribution in [2.75, 3.05) is 37.8 Å². The van der Waals surface area contributed by atoms with E-state index >= 15 is 0 Å². The first-order valence-electron chi connectivity index (χ1n) is 9.06. The van der Waals surface area contributed by atoms with Crippen molar-refractivity contribution in [1.29, 1.82) is 0 Å². The lowest BCUT2D eigenvalue weighted by molar-refractivity contribution is -0.139. The van der Waals surface area contributed by atoms with Gasteiger partial charge in [-0.1, -0.05) is 12.1 Å². The highest BCUT2D eigenvalue weighted by atomic mass is 32.1. The number of aromatic nitrogens is 1. The molecule has 1 aliphatic rings. The third-order valence-electron chi connectivity index (χ3n) is 4.13. The molecule has 2 heterocycles. The van der Waals surface area contributed by atoms with Crippen LogP contribution in [0.4, 0.5) is 5.13 Å². The summed E-state index contributed by atoms with van der Waals surface area (Å²) in [7, 11) is 0. The smallest absolute Gasteiger partial charge is 0.341 e. The van der Waals surface area contributed by atoms with Gasteiger partial charge in [-0.25, -0.2) is 15.2 Å². The number of carboxylic acid groups (broad SMARTS) is 1. The van der Waals surface area contributed by atoms with E-state index in [-0.39, 0.29) is 12.3 Å². The lowest BCUT2D eigenvalue weighted by Gasteiger charge is -2.26. The monoisotopic (exact) mass is 418 g/mol. The zero-order valence-corrected chi connectivity index (χ0v) is 16.8. The maximum atomic E-state index is 12.2. The highest BCUT2D eigenvalue weighted by Gasteiger charge is 2.15. The molecule has 0 spiro atoms. The molecule has 1 amide bonds. The van der Waals surface area contributed by atoms with Gasteiger partial charge in [0, 0.05) is 24.0 Å². The molecule has 1 saturated heterocycles. The Bertz CT molecular complexity index is 892. The van der Waals surface area contributed by atoms with E-state index in [0.717, 1.165) is 23.8 Å². The lowest BCUT2D eigenvalue weighted by Crippen LogP contribution is -2.36. The Morgan fingerprint density at radius 1 is 1.38 bits per heavy atom. The number of amides is 1. The van der Waals surface area contributed by atoms with Crippen LogP contribution in [0.5, 0.6) is 5.75 Å². The minimum atomic E-state index is -1.05. The number of thiazole rings is 1. The predicted molar refractivity (Wildman–Crippen MR) is 109 cm³/mol. The van der Waals surface area contributed by atoms with E-state index < -0.39 is 12.6 Å². The summed E-state index contributed by atoms with van der Waals surface area (Å²) < 4.78 is 10.5. The minimum absolute atomic E-state index is 0.138. The van der Waals surface area contributed by atoms with Crippen LogP contribution in [0, 0.1) is 0 Å². The fourth-order valence-corrected chi connectivity index (χ4v) is 3.53. The second-order valence-electron chi connectivity index (χ2n) is 6.34. The van der Waals surface area contributed by atoms with Crippen molar-refractivity contribution in [1.82, 2.24) is 10.4 Å². The quantitative estimate of drug-likeness (QED) is 0.494. The van der Waals surface area contributed by atoms with Crippen molar-refractivity contribution in [3.05, 3.63) is 40.9 Å². The van der Waals surface area contributed by atoms with Gasteiger partial charge < -0.3 is 19.5 Å². The van der Waals surface area contributed by atoms with Gasteiger partial charge in [0.1, 0.15) is 5.75 Å². The Morgan fingerprint density at radius 2 is 2.17 bits per heavy atom. The normalized spacial score (nSPS) is 14.5. The molecule has 0 aliphatic carbocycles. The van der Waals surface area contributed by atoms with E-state index in [1.54, 1.807) is 31.2 Å². The summed E-state index contributed by atoms with van der Waals surface area (Å²) in [6, 6.07) is 6.86. The number of carbonyl (C=O) groups is 2. The molecule has 1 aliphatic heterocycles. The number of nitrogens with zero attached hydrogens (tertiary/aromatic N) is 3. The number of carbonyl (C=O) groups excluding carboxylic acids is 1. The highest BCUT2D eigenvalue weighted by molar-refractivity contribution is 7.13. The summed E-state index contributed by atoms with van der Waals surface area (Å²) in [6.07, 6.45) is 0.138. The first-order chi connectivity index (χ1) is 14.0. The Hall–Kier alpha value is -2.98. The number of carboxylic acids is 1. The van der Waals surface area contributed by atoms with Crippen LogP contribution in [0.3, 0.4) is 0 Å². The van der Waals surface area contributed by atoms with Gasteiger partial charge in [0.25, 0.3) is 0 Å². The Labute approximate surface area is 172 Å². The molecule has 0 atom stereocenters. The molecule has 0 saturated carbocycles. The third kappa shape index (κ3) is 6.26. The number of morpholine rings is 1. The topological polar surface area (TPSA) is 113 Å². The summed E-state index contributed by atoms with van der Waals surface area (Å²) in [5.74, 6) is -0.891. The maximum absolute atomic E-state index is 12.2. The van der Waals surface area contributed by atoms with Gasteiger partial charge >= 0.3 is 5.97 Å². The van der Waals surface area contributed by atoms with Crippen LogP contribution in [-0.4, -0.2) is 60.6 Å². The van der Waals surface area contributed by atoms with Crippen molar-refractivity contribution in [2.45, 2.75) is 13.3 Å². The number of anilines is 1. The van der Waals surface area contributed by atoms with Gasteiger partial charge in [-0.3, -0.25) is 4.79 Å². The largest absolute Gasteiger partial charge is 0.482 e. The van der Waals surface area contributed by atoms with Crippen LogP contribution in [0.25, 0.3) is 0 Å². The van der Waals surface area contributed by atoms with Crippen molar-refractivity contribution >= 4 is 34.1 Å². The molecular formula is C19H22N4O5S. The number of hydrazone groups is 1. The Morgan fingerprint density at radius 3 is 2.93 bits per heavy atom. The SMILES string of the molecule is C/C(=N/NC(=O)Cc1csc(N2CCOCC2)n1)c1cccc(OCC(=O)O)c1. The van der Waals surface area contributed by atoms with E-state index in [1.165, 1.54) is 11.3 Å². The van der Waals surface area contributed by atoms with Crippen LogP contribution in [0.15, 0.2) is 34.7 Å². The number of benzene rings is 1. The van der Waals surface area contributed by atoms with Crippen LogP contribution in [0.2, 0.25) is 0 Å². The summed E-state index contributed by atoms with van der Waals surface area (Å²) >= 11 is 1.52. The number of rotatable bonds is 8. The fourth-order valence-electron chi connectivity index (χ4n) is 2.65. The van der Waals surface area contributed by atoms with E-state index in [1.807, 2.05) is 5.38 Å². The van der Waals surface area contributed by atoms with Crippen molar-refractivity contribution in [3.63, 3.8) is 0 Å². The van der Waals surface area contributed by atoms with Gasteiger partial charge in [0.15, 0.2) is 11.7 Å². The molecule has 0 bridgehead atoms. The van der Waals surface area contributed by atoms with Crippen molar-refractivity contribution < 1.29 is 24.2 Å². The molecule has 1 fully saturated rings. The van der Waals surface area contributed by atoms with Crippen LogP contribution >= 0.6 is 11.3 Å². The number of ether oxygens (including phenoxy) is 2. The zero-order valence-electron chi connectivity index (χ0n) is 16.0. The molecule has 3 rings (SSSR count). The molecule has 0 radical (unpaired) electrons. The van der Waals surface area contributed by atoms with Gasteiger partial charge in [-0.15, -0.1) is 11.3 Å². The molecule has 154 valence electrons. The first kappa shape index (κ1) is 20.7. The number of hydrogen-bond donors (Lipinski definition) is 2. The van der Waals surface area contributed by atoms with Crippen molar-refractivity contribution in [3.8, 4) is 5.75 Å². The second-order valence-corrected chi connectivity index (χ2v) is 7.18. The number of aliphatic carboxylic acids is 1. The van der Waals surface area contributed by atoms with Crippen molar-refractivity contribution in [2.24, 2.45) is 5.10 Å². The van der Waals surface area contributed by atoms with E-state index in [2.05, 4.69) is 20.4 Å². The van der Waals surface area contributed by atoms with Crippen LogP contribution < -0.4 is 15.1 Å². The Balaban J connectivity index is 1.54. The number of hydrogen-bond acceptors (Lipinski definition) is 8. The molecule has 2 aromatic rings. The fraction of sp³-hybridized carbons (Fsp3) is 0.368. The summed E-state index contributed by atoms with van der Waals surface area (Å²) in [5.41, 5.74) is 4.53. The molecule has 9 nitrogen and oxygen atoms in total. The maximum Gasteiger partial charge on any atom is 0.341 e. The molecular weight excluding hydrogens is 396 g/mol. The molecule has 2 N–H and O–H groups in total. The summed E-state index contributed by atoms with van der Waals surface area (Å²) in [5, 5.41) is 15.6. The zero-order chi connectivity index (χ0) is 20.6. The van der Waals surface area contributed by atoms with Gasteiger partial charge in [-0.2, -0.15) is 5.10 Å². The molecule has 1 aromatic carbocycles. The van der Waals surface area contributed by atoms with Crippen LogP contribution in [0.1, 0.15) is 18.2 Å². The molecule has 0 unspecified atom stereocenters. The Kier molecular flexibility index (Phi) is 7.14.